The van der Waals surface area contributed by atoms with Gasteiger partial charge in [0.05, 0.1) is 12.3 Å². The lowest BCUT2D eigenvalue weighted by Crippen LogP contribution is -2.18. The molecule has 1 aliphatic rings. The Morgan fingerprint density at radius 3 is 3.04 bits per heavy atom. The summed E-state index contributed by atoms with van der Waals surface area (Å²) in [7, 11) is 0. The molecule has 4 rings (SSSR count). The fraction of sp³-hybridized carbons (Fsp3) is 0.316. The van der Waals surface area contributed by atoms with Gasteiger partial charge in [0.2, 0.25) is 5.91 Å². The van der Waals surface area contributed by atoms with E-state index < -0.39 is 0 Å². The number of nitrogens with zero attached hydrogens (tertiary/aromatic N) is 2. The third-order valence-electron chi connectivity index (χ3n) is 4.53. The van der Waals surface area contributed by atoms with Crippen LogP contribution in [-0.2, 0) is 27.3 Å². The Labute approximate surface area is 154 Å². The van der Waals surface area contributed by atoms with Crippen LogP contribution in [-0.4, -0.2) is 28.0 Å². The van der Waals surface area contributed by atoms with Gasteiger partial charge in [-0.25, -0.2) is 4.98 Å². The van der Waals surface area contributed by atoms with Crippen molar-refractivity contribution < 1.29 is 14.3 Å². The summed E-state index contributed by atoms with van der Waals surface area (Å²) in [6, 6.07) is 9.93. The second-order valence-corrected chi connectivity index (χ2v) is 7.30. The molecule has 1 aliphatic carbocycles. The zero-order valence-electron chi connectivity index (χ0n) is 14.4. The molecule has 3 aromatic rings. The molecule has 1 aromatic carbocycles. The van der Waals surface area contributed by atoms with Gasteiger partial charge in [0, 0.05) is 16.6 Å². The Bertz CT molecular complexity index is 975. The van der Waals surface area contributed by atoms with Crippen LogP contribution in [0.25, 0.3) is 10.9 Å². The fourth-order valence-corrected chi connectivity index (χ4v) is 4.40. The smallest absolute Gasteiger partial charge is 0.315 e. The summed E-state index contributed by atoms with van der Waals surface area (Å²) in [5.41, 5.74) is 1.78. The first-order valence-electron chi connectivity index (χ1n) is 8.65. The lowest BCUT2D eigenvalue weighted by Gasteiger charge is -2.08. The van der Waals surface area contributed by atoms with Crippen LogP contribution in [0.15, 0.2) is 36.5 Å². The summed E-state index contributed by atoms with van der Waals surface area (Å²) in [6.45, 7) is 2.38. The molecule has 134 valence electrons. The molecular weight excluding hydrogens is 350 g/mol. The van der Waals surface area contributed by atoms with Crippen molar-refractivity contribution in [1.29, 1.82) is 0 Å². The zero-order chi connectivity index (χ0) is 18.1. The predicted molar refractivity (Wildman–Crippen MR) is 100 cm³/mol. The van der Waals surface area contributed by atoms with Gasteiger partial charge in [-0.15, -0.1) is 11.3 Å². The van der Waals surface area contributed by atoms with Crippen LogP contribution in [0.2, 0.25) is 0 Å². The molecule has 0 saturated heterocycles. The van der Waals surface area contributed by atoms with E-state index in [2.05, 4.69) is 10.3 Å². The molecule has 0 aliphatic heterocycles. The largest absolute Gasteiger partial charge is 0.465 e. The molecule has 0 bridgehead atoms. The molecule has 2 aromatic heterocycles. The number of carbonyl (C=O) groups is 2. The maximum atomic E-state index is 12.4. The fourth-order valence-electron chi connectivity index (χ4n) is 3.34. The molecule has 1 amide bonds. The number of fused-ring (bicyclic) bond motifs is 2. The van der Waals surface area contributed by atoms with E-state index in [1.54, 1.807) is 6.92 Å². The summed E-state index contributed by atoms with van der Waals surface area (Å²) in [4.78, 5) is 30.0. The number of amides is 1. The van der Waals surface area contributed by atoms with Gasteiger partial charge in [0.25, 0.3) is 0 Å². The number of anilines is 1. The lowest BCUT2D eigenvalue weighted by atomic mass is 10.1. The zero-order valence-corrected chi connectivity index (χ0v) is 15.2. The number of rotatable bonds is 5. The first-order valence-corrected chi connectivity index (χ1v) is 9.47. The molecule has 7 heteroatoms. The molecule has 1 N–H and O–H groups in total. The molecule has 0 saturated carbocycles. The normalized spacial score (nSPS) is 15.8. The quantitative estimate of drug-likeness (QED) is 0.700. The molecule has 2 heterocycles. The predicted octanol–water partition coefficient (Wildman–Crippen LogP) is 3.33. The van der Waals surface area contributed by atoms with E-state index in [4.69, 9.17) is 4.74 Å². The highest BCUT2D eigenvalue weighted by Gasteiger charge is 2.33. The van der Waals surface area contributed by atoms with E-state index >= 15 is 0 Å². The van der Waals surface area contributed by atoms with Crippen molar-refractivity contribution in [3.63, 3.8) is 0 Å². The van der Waals surface area contributed by atoms with Crippen molar-refractivity contribution in [1.82, 2.24) is 9.55 Å². The highest BCUT2D eigenvalue weighted by molar-refractivity contribution is 7.16. The van der Waals surface area contributed by atoms with E-state index in [9.17, 15) is 9.59 Å². The average Bonchev–Trinajstić information content (AvgIpc) is 3.29. The molecule has 1 atom stereocenters. The van der Waals surface area contributed by atoms with Gasteiger partial charge in [0.1, 0.15) is 12.5 Å². The van der Waals surface area contributed by atoms with Gasteiger partial charge in [-0.05, 0) is 37.3 Å². The van der Waals surface area contributed by atoms with Gasteiger partial charge in [0.15, 0.2) is 5.13 Å². The summed E-state index contributed by atoms with van der Waals surface area (Å²) in [6.07, 6.45) is 3.44. The minimum Gasteiger partial charge on any atom is -0.465 e. The Balaban J connectivity index is 1.46. The Hall–Kier alpha value is -2.67. The molecule has 0 radical (unpaired) electrons. The number of ether oxygens (including phenoxy) is 1. The van der Waals surface area contributed by atoms with Crippen molar-refractivity contribution in [2.24, 2.45) is 0 Å². The maximum absolute atomic E-state index is 12.4. The van der Waals surface area contributed by atoms with Crippen molar-refractivity contribution in [3.8, 4) is 0 Å². The van der Waals surface area contributed by atoms with E-state index in [1.807, 2.05) is 41.1 Å². The third-order valence-corrected chi connectivity index (χ3v) is 5.58. The highest BCUT2D eigenvalue weighted by Crippen LogP contribution is 2.38. The van der Waals surface area contributed by atoms with Crippen LogP contribution in [0, 0.1) is 0 Å². The van der Waals surface area contributed by atoms with E-state index in [0.29, 0.717) is 11.7 Å². The molecular formula is C19H19N3O3S. The van der Waals surface area contributed by atoms with Crippen LogP contribution < -0.4 is 5.32 Å². The number of carbonyl (C=O) groups excluding carboxylic acids is 2. The number of hydrogen-bond donors (Lipinski definition) is 1. The summed E-state index contributed by atoms with van der Waals surface area (Å²) in [5.74, 6) is -0.667. The molecule has 26 heavy (non-hydrogen) atoms. The minimum atomic E-state index is -0.305. The molecule has 1 unspecified atom stereocenters. The van der Waals surface area contributed by atoms with Gasteiger partial charge in [-0.3, -0.25) is 9.59 Å². The number of nitrogens with one attached hydrogen (secondary N) is 1. The van der Waals surface area contributed by atoms with Crippen LogP contribution in [0.1, 0.15) is 29.8 Å². The minimum absolute atomic E-state index is 0.133. The number of esters is 1. The summed E-state index contributed by atoms with van der Waals surface area (Å²) >= 11 is 1.45. The van der Waals surface area contributed by atoms with Gasteiger partial charge in [-0.2, -0.15) is 0 Å². The standard InChI is InChI=1S/C19H19N3O3S/c1-2-25-18(24)13-7-8-15-17(13)21-19(26-15)20-16(23)11-22-10-9-12-5-3-4-6-14(12)22/h3-6,9-10,13H,2,7-8,11H2,1H3,(H,20,21,23). The molecule has 0 spiro atoms. The van der Waals surface area contributed by atoms with Gasteiger partial charge >= 0.3 is 5.97 Å². The van der Waals surface area contributed by atoms with Crippen molar-refractivity contribution >= 4 is 39.2 Å². The first-order chi connectivity index (χ1) is 12.7. The number of benzene rings is 1. The van der Waals surface area contributed by atoms with Gasteiger partial charge < -0.3 is 14.6 Å². The topological polar surface area (TPSA) is 73.2 Å². The first kappa shape index (κ1) is 16.8. The van der Waals surface area contributed by atoms with E-state index in [1.165, 1.54) is 11.3 Å². The van der Waals surface area contributed by atoms with Crippen LogP contribution in [0.4, 0.5) is 5.13 Å². The maximum Gasteiger partial charge on any atom is 0.315 e. The van der Waals surface area contributed by atoms with E-state index in [0.717, 1.165) is 34.3 Å². The summed E-state index contributed by atoms with van der Waals surface area (Å²) in [5, 5.41) is 4.51. The third kappa shape index (κ3) is 3.10. The number of aryl methyl sites for hydroxylation is 1. The second-order valence-electron chi connectivity index (χ2n) is 6.22. The Morgan fingerprint density at radius 2 is 2.19 bits per heavy atom. The van der Waals surface area contributed by atoms with Gasteiger partial charge in [-0.1, -0.05) is 18.2 Å². The van der Waals surface area contributed by atoms with E-state index in [-0.39, 0.29) is 24.3 Å². The van der Waals surface area contributed by atoms with Crippen molar-refractivity contribution in [3.05, 3.63) is 47.1 Å². The molecule has 0 fully saturated rings. The number of aromatic nitrogens is 2. The van der Waals surface area contributed by atoms with Crippen molar-refractivity contribution in [2.75, 3.05) is 11.9 Å². The average molecular weight is 369 g/mol. The second kappa shape index (κ2) is 6.92. The summed E-state index contributed by atoms with van der Waals surface area (Å²) < 4.78 is 7.03. The highest BCUT2D eigenvalue weighted by atomic mass is 32.1. The number of para-hydroxylation sites is 1. The van der Waals surface area contributed by atoms with Crippen LogP contribution in [0.5, 0.6) is 0 Å². The molecule has 6 nitrogen and oxygen atoms in total. The number of thiazole rings is 1. The monoisotopic (exact) mass is 369 g/mol. The van der Waals surface area contributed by atoms with Crippen molar-refractivity contribution in [2.45, 2.75) is 32.2 Å². The SMILES string of the molecule is CCOC(=O)C1CCc2sc(NC(=O)Cn3ccc4ccccc43)nc21. The van der Waals surface area contributed by atoms with Crippen LogP contribution >= 0.6 is 11.3 Å². The Morgan fingerprint density at radius 1 is 1.35 bits per heavy atom. The lowest BCUT2D eigenvalue weighted by molar-refractivity contribution is -0.145. The van der Waals surface area contributed by atoms with Crippen LogP contribution in [0.3, 0.4) is 0 Å². The number of hydrogen-bond acceptors (Lipinski definition) is 5. The Kier molecular flexibility index (Phi) is 4.46.